The maximum atomic E-state index is 12.4. The second-order valence-electron chi connectivity index (χ2n) is 4.96. The number of methoxy groups -OCH3 is 2. The van der Waals surface area contributed by atoms with Crippen molar-refractivity contribution in [1.82, 2.24) is 5.32 Å². The third-order valence-corrected chi connectivity index (χ3v) is 3.81. The molecule has 0 aromatic heterocycles. The molecule has 6 heteroatoms. The summed E-state index contributed by atoms with van der Waals surface area (Å²) in [5.74, 6) is 1.09. The molecule has 0 aliphatic heterocycles. The van der Waals surface area contributed by atoms with Gasteiger partial charge < -0.3 is 14.8 Å². The molecule has 0 aliphatic carbocycles. The van der Waals surface area contributed by atoms with Gasteiger partial charge in [-0.3, -0.25) is 4.79 Å². The Hall–Kier alpha value is -1.91. The fourth-order valence-electron chi connectivity index (χ4n) is 2.22. The Morgan fingerprint density at radius 2 is 1.70 bits per heavy atom. The van der Waals surface area contributed by atoms with Crippen LogP contribution in [0.4, 0.5) is 0 Å². The van der Waals surface area contributed by atoms with Gasteiger partial charge in [0.2, 0.25) is 0 Å². The highest BCUT2D eigenvalue weighted by Crippen LogP contribution is 2.29. The van der Waals surface area contributed by atoms with Crippen molar-refractivity contribution in [2.45, 2.75) is 13.0 Å². The summed E-state index contributed by atoms with van der Waals surface area (Å²) in [7, 11) is 3.17. The van der Waals surface area contributed by atoms with Crippen molar-refractivity contribution in [2.24, 2.45) is 0 Å². The Kier molecular flexibility index (Phi) is 5.74. The van der Waals surface area contributed by atoms with Crippen molar-refractivity contribution in [1.29, 1.82) is 0 Å². The predicted octanol–water partition coefficient (Wildman–Crippen LogP) is 4.50. The number of nitrogens with one attached hydrogen (secondary N) is 1. The summed E-state index contributed by atoms with van der Waals surface area (Å²) < 4.78 is 10.6. The van der Waals surface area contributed by atoms with E-state index in [-0.39, 0.29) is 11.9 Å². The SMILES string of the molecule is COc1ccc(OC)c([C@H](C)NC(=O)c2cc(Cl)cc(Cl)c2)c1. The van der Waals surface area contributed by atoms with Gasteiger partial charge in [-0.1, -0.05) is 23.2 Å². The Balaban J connectivity index is 2.24. The summed E-state index contributed by atoms with van der Waals surface area (Å²) in [6, 6.07) is 9.85. The first-order valence-corrected chi connectivity index (χ1v) is 7.69. The highest BCUT2D eigenvalue weighted by Gasteiger charge is 2.17. The summed E-state index contributed by atoms with van der Waals surface area (Å²) >= 11 is 11.9. The molecule has 0 fully saturated rings. The van der Waals surface area contributed by atoms with Crippen LogP contribution in [0, 0.1) is 0 Å². The fraction of sp³-hybridized carbons (Fsp3) is 0.235. The van der Waals surface area contributed by atoms with E-state index in [0.717, 1.165) is 5.56 Å². The average Bonchev–Trinajstić information content (AvgIpc) is 2.53. The first-order chi connectivity index (χ1) is 10.9. The maximum absolute atomic E-state index is 12.4. The number of halogens is 2. The zero-order valence-corrected chi connectivity index (χ0v) is 14.5. The van der Waals surface area contributed by atoms with Crippen LogP contribution in [0.3, 0.4) is 0 Å². The van der Waals surface area contributed by atoms with Gasteiger partial charge in [0.25, 0.3) is 5.91 Å². The van der Waals surface area contributed by atoms with Crippen molar-refractivity contribution in [2.75, 3.05) is 14.2 Å². The lowest BCUT2D eigenvalue weighted by Crippen LogP contribution is -2.27. The van der Waals surface area contributed by atoms with E-state index in [0.29, 0.717) is 27.1 Å². The van der Waals surface area contributed by atoms with E-state index in [9.17, 15) is 4.79 Å². The van der Waals surface area contributed by atoms with E-state index in [4.69, 9.17) is 32.7 Å². The quantitative estimate of drug-likeness (QED) is 0.860. The number of benzene rings is 2. The van der Waals surface area contributed by atoms with Crippen molar-refractivity contribution in [3.63, 3.8) is 0 Å². The Morgan fingerprint density at radius 1 is 1.04 bits per heavy atom. The van der Waals surface area contributed by atoms with Crippen molar-refractivity contribution in [3.05, 3.63) is 57.6 Å². The zero-order chi connectivity index (χ0) is 17.0. The summed E-state index contributed by atoms with van der Waals surface area (Å²) in [6.45, 7) is 1.86. The van der Waals surface area contributed by atoms with Gasteiger partial charge in [-0.15, -0.1) is 0 Å². The van der Waals surface area contributed by atoms with Crippen LogP contribution in [0.25, 0.3) is 0 Å². The molecule has 0 saturated heterocycles. The van der Waals surface area contributed by atoms with E-state index in [2.05, 4.69) is 5.32 Å². The molecule has 0 heterocycles. The molecule has 0 radical (unpaired) electrons. The van der Waals surface area contributed by atoms with Gasteiger partial charge in [0, 0.05) is 21.2 Å². The molecule has 2 aromatic carbocycles. The van der Waals surface area contributed by atoms with Crippen LogP contribution in [0.1, 0.15) is 28.9 Å². The maximum Gasteiger partial charge on any atom is 0.251 e. The average molecular weight is 354 g/mol. The molecule has 0 unspecified atom stereocenters. The minimum absolute atomic E-state index is 0.272. The molecule has 2 rings (SSSR count). The molecule has 4 nitrogen and oxygen atoms in total. The van der Waals surface area contributed by atoms with Gasteiger partial charge in [-0.25, -0.2) is 0 Å². The molecule has 0 bridgehead atoms. The first-order valence-electron chi connectivity index (χ1n) is 6.93. The van der Waals surface area contributed by atoms with Crippen LogP contribution in [0.5, 0.6) is 11.5 Å². The lowest BCUT2D eigenvalue weighted by Gasteiger charge is -2.18. The molecule has 0 saturated carbocycles. The lowest BCUT2D eigenvalue weighted by molar-refractivity contribution is 0.0939. The van der Waals surface area contributed by atoms with Crippen molar-refractivity contribution in [3.8, 4) is 11.5 Å². The highest BCUT2D eigenvalue weighted by atomic mass is 35.5. The van der Waals surface area contributed by atoms with Gasteiger partial charge in [0.1, 0.15) is 11.5 Å². The standard InChI is InChI=1S/C17H17Cl2NO3/c1-10(15-9-14(22-2)4-5-16(15)23-3)20-17(21)11-6-12(18)8-13(19)7-11/h4-10H,1-3H3,(H,20,21)/t10-/m0/s1. The molecule has 23 heavy (non-hydrogen) atoms. The van der Waals surface area contributed by atoms with Crippen LogP contribution in [-0.2, 0) is 0 Å². The second-order valence-corrected chi connectivity index (χ2v) is 5.83. The molecule has 2 aromatic rings. The molecule has 1 atom stereocenters. The van der Waals surface area contributed by atoms with Crippen LogP contribution in [-0.4, -0.2) is 20.1 Å². The smallest absolute Gasteiger partial charge is 0.251 e. The summed E-state index contributed by atoms with van der Waals surface area (Å²) in [5, 5.41) is 3.72. The molecule has 0 aliphatic rings. The topological polar surface area (TPSA) is 47.6 Å². The van der Waals surface area contributed by atoms with Crippen LogP contribution >= 0.6 is 23.2 Å². The molecular formula is C17H17Cl2NO3. The van der Waals surface area contributed by atoms with Crippen molar-refractivity contribution < 1.29 is 14.3 Å². The van der Waals surface area contributed by atoms with Gasteiger partial charge in [-0.2, -0.15) is 0 Å². The van der Waals surface area contributed by atoms with Crippen LogP contribution in [0.2, 0.25) is 10.0 Å². The van der Waals surface area contributed by atoms with Crippen molar-refractivity contribution >= 4 is 29.1 Å². The normalized spacial score (nSPS) is 11.7. The number of hydrogen-bond acceptors (Lipinski definition) is 3. The minimum atomic E-state index is -0.287. The summed E-state index contributed by atoms with van der Waals surface area (Å²) in [5.41, 5.74) is 1.21. The molecule has 1 amide bonds. The predicted molar refractivity (Wildman–Crippen MR) is 91.9 cm³/mol. The number of hydrogen-bond donors (Lipinski definition) is 1. The highest BCUT2D eigenvalue weighted by molar-refractivity contribution is 6.35. The molecule has 1 N–H and O–H groups in total. The van der Waals surface area contributed by atoms with Crippen LogP contribution in [0.15, 0.2) is 36.4 Å². The Labute approximate surface area is 145 Å². The number of carbonyl (C=O) groups excluding carboxylic acids is 1. The Morgan fingerprint density at radius 3 is 2.26 bits per heavy atom. The molecule has 122 valence electrons. The van der Waals surface area contributed by atoms with E-state index < -0.39 is 0 Å². The number of amides is 1. The van der Waals surface area contributed by atoms with E-state index in [1.54, 1.807) is 44.6 Å². The minimum Gasteiger partial charge on any atom is -0.497 e. The van der Waals surface area contributed by atoms with Crippen LogP contribution < -0.4 is 14.8 Å². The number of carbonyl (C=O) groups is 1. The third kappa shape index (κ3) is 4.30. The number of rotatable bonds is 5. The largest absolute Gasteiger partial charge is 0.497 e. The Bertz CT molecular complexity index is 699. The fourth-order valence-corrected chi connectivity index (χ4v) is 2.75. The molecular weight excluding hydrogens is 337 g/mol. The monoisotopic (exact) mass is 353 g/mol. The van der Waals surface area contributed by atoms with E-state index in [1.165, 1.54) is 0 Å². The lowest BCUT2D eigenvalue weighted by atomic mass is 10.1. The number of ether oxygens (including phenoxy) is 2. The van der Waals surface area contributed by atoms with Gasteiger partial charge in [-0.05, 0) is 43.3 Å². The van der Waals surface area contributed by atoms with Gasteiger partial charge in [0.15, 0.2) is 0 Å². The molecule has 0 spiro atoms. The van der Waals surface area contributed by atoms with E-state index in [1.807, 2.05) is 13.0 Å². The summed E-state index contributed by atoms with van der Waals surface area (Å²) in [6.07, 6.45) is 0. The van der Waals surface area contributed by atoms with Gasteiger partial charge >= 0.3 is 0 Å². The van der Waals surface area contributed by atoms with E-state index >= 15 is 0 Å². The first kappa shape index (κ1) is 17.4. The summed E-state index contributed by atoms with van der Waals surface area (Å²) in [4.78, 5) is 12.4. The second kappa shape index (κ2) is 7.57. The van der Waals surface area contributed by atoms with Gasteiger partial charge in [0.05, 0.1) is 20.3 Å². The third-order valence-electron chi connectivity index (χ3n) is 3.38. The zero-order valence-electron chi connectivity index (χ0n) is 13.0.